The summed E-state index contributed by atoms with van der Waals surface area (Å²) in [6, 6.07) is 5.48. The van der Waals surface area contributed by atoms with Gasteiger partial charge in [-0.05, 0) is 48.6 Å². The van der Waals surface area contributed by atoms with Crippen molar-refractivity contribution in [3.63, 3.8) is 0 Å². The van der Waals surface area contributed by atoms with Crippen LogP contribution in [0.4, 0.5) is 0 Å². The third kappa shape index (κ3) is 4.06. The zero-order valence-electron chi connectivity index (χ0n) is 18.4. The molecule has 3 aromatic heterocycles. The van der Waals surface area contributed by atoms with Crippen molar-refractivity contribution in [2.45, 2.75) is 31.9 Å². The average molecular weight is 466 g/mol. The fourth-order valence-electron chi connectivity index (χ4n) is 4.32. The number of aliphatic hydroxyl groups excluding tert-OH is 1. The third-order valence-corrected chi connectivity index (χ3v) is 6.70. The normalized spacial score (nSPS) is 18.7. The highest BCUT2D eigenvalue weighted by Gasteiger charge is 2.27. The molecule has 5 rings (SSSR count). The van der Waals surface area contributed by atoms with Crippen molar-refractivity contribution in [3.8, 4) is 11.3 Å². The van der Waals surface area contributed by atoms with Crippen LogP contribution in [0.2, 0.25) is 5.02 Å². The zero-order chi connectivity index (χ0) is 23.1. The van der Waals surface area contributed by atoms with Crippen LogP contribution >= 0.6 is 11.6 Å². The van der Waals surface area contributed by atoms with Gasteiger partial charge in [0.15, 0.2) is 0 Å². The van der Waals surface area contributed by atoms with Crippen molar-refractivity contribution >= 4 is 22.5 Å². The molecule has 0 amide bonds. The van der Waals surface area contributed by atoms with E-state index in [9.17, 15) is 9.90 Å². The van der Waals surface area contributed by atoms with Crippen LogP contribution in [0, 0.1) is 6.92 Å². The summed E-state index contributed by atoms with van der Waals surface area (Å²) in [5.74, 6) is 0. The summed E-state index contributed by atoms with van der Waals surface area (Å²) in [5, 5.41) is 15.4. The highest BCUT2D eigenvalue weighted by molar-refractivity contribution is 6.35. The monoisotopic (exact) mass is 465 g/mol. The number of hydrogen-bond acceptors (Lipinski definition) is 6. The van der Waals surface area contributed by atoms with Gasteiger partial charge in [0.1, 0.15) is 0 Å². The van der Waals surface area contributed by atoms with Gasteiger partial charge in [0.05, 0.1) is 52.9 Å². The van der Waals surface area contributed by atoms with Crippen molar-refractivity contribution in [1.29, 1.82) is 0 Å². The number of halogens is 1. The van der Waals surface area contributed by atoms with E-state index >= 15 is 0 Å². The zero-order valence-corrected chi connectivity index (χ0v) is 19.2. The molecule has 0 aliphatic carbocycles. The Morgan fingerprint density at radius 2 is 2.12 bits per heavy atom. The Morgan fingerprint density at radius 3 is 2.82 bits per heavy atom. The largest absolute Gasteiger partial charge is 0.389 e. The summed E-state index contributed by atoms with van der Waals surface area (Å²) in [6.07, 6.45) is 7.40. The number of fused-ring (bicyclic) bond motifs is 1. The summed E-state index contributed by atoms with van der Waals surface area (Å²) < 4.78 is 8.55. The predicted octanol–water partition coefficient (Wildman–Crippen LogP) is 3.07. The lowest BCUT2D eigenvalue weighted by atomic mass is 9.98. The molecule has 1 fully saturated rings. The Hall–Kier alpha value is -3.07. The number of pyridine rings is 1. The SMILES string of the molecule is Cc1c(Cc2ccc(-c3cnn(C)c3)nc2)cc2c(=O)n([C@H]3CCOC[C@@H]3O)cnc2c1Cl. The summed E-state index contributed by atoms with van der Waals surface area (Å²) in [6.45, 7) is 2.63. The molecule has 1 aromatic carbocycles. The number of hydrogen-bond donors (Lipinski definition) is 1. The van der Waals surface area contributed by atoms with E-state index in [1.807, 2.05) is 44.6 Å². The number of ether oxygens (including phenoxy) is 1. The summed E-state index contributed by atoms with van der Waals surface area (Å²) >= 11 is 6.64. The molecule has 1 N–H and O–H groups in total. The minimum atomic E-state index is -0.750. The lowest BCUT2D eigenvalue weighted by Crippen LogP contribution is -2.39. The van der Waals surface area contributed by atoms with Gasteiger partial charge in [-0.2, -0.15) is 5.10 Å². The number of aliphatic hydroxyl groups is 1. The van der Waals surface area contributed by atoms with Gasteiger partial charge < -0.3 is 9.84 Å². The van der Waals surface area contributed by atoms with E-state index in [0.717, 1.165) is 27.9 Å². The highest BCUT2D eigenvalue weighted by atomic mass is 35.5. The molecule has 4 heterocycles. The fourth-order valence-corrected chi connectivity index (χ4v) is 4.59. The van der Waals surface area contributed by atoms with Crippen LogP contribution < -0.4 is 5.56 Å². The standard InChI is InChI=1S/C24H24ClN5O3/c1-14-16(7-15-3-4-19(26-9-15)17-10-28-29(2)11-17)8-18-23(22(14)25)27-13-30(24(18)32)20-5-6-33-12-21(20)31/h3-4,8-11,13,20-21,31H,5-7,12H2,1-2H3/t20-,21-/m0/s1. The second-order valence-corrected chi connectivity index (χ2v) is 8.84. The maximum absolute atomic E-state index is 13.3. The van der Waals surface area contributed by atoms with E-state index in [1.165, 1.54) is 10.9 Å². The van der Waals surface area contributed by atoms with E-state index in [0.29, 0.717) is 35.4 Å². The van der Waals surface area contributed by atoms with Crippen molar-refractivity contribution in [2.24, 2.45) is 7.05 Å². The lowest BCUT2D eigenvalue weighted by molar-refractivity contribution is -0.0395. The molecule has 1 saturated heterocycles. The molecular formula is C24H24ClN5O3. The van der Waals surface area contributed by atoms with Gasteiger partial charge in [-0.1, -0.05) is 17.7 Å². The van der Waals surface area contributed by atoms with Gasteiger partial charge in [0.2, 0.25) is 0 Å². The van der Waals surface area contributed by atoms with Crippen molar-refractivity contribution in [3.05, 3.63) is 75.2 Å². The molecule has 1 aliphatic rings. The first kappa shape index (κ1) is 21.8. The number of aromatic nitrogens is 5. The Morgan fingerprint density at radius 1 is 1.27 bits per heavy atom. The fraction of sp³-hybridized carbons (Fsp3) is 0.333. The molecule has 4 aromatic rings. The molecule has 0 saturated carbocycles. The van der Waals surface area contributed by atoms with Gasteiger partial charge in [-0.3, -0.25) is 19.0 Å². The molecule has 1 aliphatic heterocycles. The van der Waals surface area contributed by atoms with E-state index in [2.05, 4.69) is 15.1 Å². The predicted molar refractivity (Wildman–Crippen MR) is 125 cm³/mol. The lowest BCUT2D eigenvalue weighted by Gasteiger charge is -2.29. The number of aryl methyl sites for hydroxylation is 1. The molecule has 0 radical (unpaired) electrons. The second-order valence-electron chi connectivity index (χ2n) is 8.46. The van der Waals surface area contributed by atoms with E-state index in [-0.39, 0.29) is 18.2 Å². The quantitative estimate of drug-likeness (QED) is 0.497. The average Bonchev–Trinajstić information content (AvgIpc) is 3.25. The minimum absolute atomic E-state index is 0.205. The van der Waals surface area contributed by atoms with Crippen molar-refractivity contribution in [1.82, 2.24) is 24.3 Å². The Bertz CT molecular complexity index is 1380. The van der Waals surface area contributed by atoms with Gasteiger partial charge in [0.25, 0.3) is 5.56 Å². The molecule has 8 nitrogen and oxygen atoms in total. The smallest absolute Gasteiger partial charge is 0.261 e. The Balaban J connectivity index is 1.51. The number of nitrogens with zero attached hydrogens (tertiary/aromatic N) is 5. The minimum Gasteiger partial charge on any atom is -0.389 e. The first-order valence-corrected chi connectivity index (χ1v) is 11.2. The van der Waals surface area contributed by atoms with Gasteiger partial charge in [0, 0.05) is 31.6 Å². The molecule has 0 unspecified atom stereocenters. The molecule has 0 bridgehead atoms. The van der Waals surface area contributed by atoms with Crippen LogP contribution in [0.15, 0.2) is 47.9 Å². The summed E-state index contributed by atoms with van der Waals surface area (Å²) in [7, 11) is 1.87. The first-order chi connectivity index (χ1) is 15.9. The summed E-state index contributed by atoms with van der Waals surface area (Å²) in [5.41, 5.74) is 4.90. The van der Waals surface area contributed by atoms with Crippen LogP contribution in [0.5, 0.6) is 0 Å². The van der Waals surface area contributed by atoms with Crippen LogP contribution in [0.1, 0.15) is 29.2 Å². The maximum Gasteiger partial charge on any atom is 0.261 e. The second kappa shape index (κ2) is 8.70. The Kier molecular flexibility index (Phi) is 5.74. The Labute approximate surface area is 195 Å². The summed E-state index contributed by atoms with van der Waals surface area (Å²) in [4.78, 5) is 22.4. The van der Waals surface area contributed by atoms with Gasteiger partial charge in [-0.15, -0.1) is 0 Å². The molecule has 0 spiro atoms. The molecule has 9 heteroatoms. The van der Waals surface area contributed by atoms with Crippen LogP contribution in [0.3, 0.4) is 0 Å². The van der Waals surface area contributed by atoms with Crippen LogP contribution in [0.25, 0.3) is 22.2 Å². The third-order valence-electron chi connectivity index (χ3n) is 6.24. The van der Waals surface area contributed by atoms with E-state index in [1.54, 1.807) is 10.9 Å². The van der Waals surface area contributed by atoms with Gasteiger partial charge >= 0.3 is 0 Å². The van der Waals surface area contributed by atoms with Crippen molar-refractivity contribution < 1.29 is 9.84 Å². The van der Waals surface area contributed by atoms with E-state index in [4.69, 9.17) is 16.3 Å². The molecule has 2 atom stereocenters. The highest BCUT2D eigenvalue weighted by Crippen LogP contribution is 2.29. The maximum atomic E-state index is 13.3. The van der Waals surface area contributed by atoms with Crippen LogP contribution in [-0.4, -0.2) is 48.7 Å². The van der Waals surface area contributed by atoms with Crippen molar-refractivity contribution in [2.75, 3.05) is 13.2 Å². The number of benzene rings is 1. The molecule has 170 valence electrons. The molecular weight excluding hydrogens is 442 g/mol. The van der Waals surface area contributed by atoms with Crippen LogP contribution in [-0.2, 0) is 18.2 Å². The molecule has 33 heavy (non-hydrogen) atoms. The number of rotatable bonds is 4. The van der Waals surface area contributed by atoms with Gasteiger partial charge in [-0.25, -0.2) is 4.98 Å². The first-order valence-electron chi connectivity index (χ1n) is 10.8. The van der Waals surface area contributed by atoms with E-state index < -0.39 is 6.10 Å². The topological polar surface area (TPSA) is 95.1 Å².